The number of hydrogen-bond donors (Lipinski definition) is 1. The molecule has 0 unspecified atom stereocenters. The summed E-state index contributed by atoms with van der Waals surface area (Å²) in [6.45, 7) is 9.27. The van der Waals surface area contributed by atoms with Crippen molar-refractivity contribution in [2.75, 3.05) is 13.1 Å². The highest BCUT2D eigenvalue weighted by Crippen LogP contribution is 2.35. The summed E-state index contributed by atoms with van der Waals surface area (Å²) in [5, 5.41) is 11.1. The molecule has 3 aromatic rings. The van der Waals surface area contributed by atoms with E-state index in [1.807, 2.05) is 80.3 Å². The molecule has 1 saturated heterocycles. The van der Waals surface area contributed by atoms with Gasteiger partial charge in [0.25, 0.3) is 5.91 Å². The highest BCUT2D eigenvalue weighted by Gasteiger charge is 2.36. The average molecular weight is 535 g/mol. The van der Waals surface area contributed by atoms with Crippen LogP contribution in [-0.2, 0) is 16.8 Å². The smallest absolute Gasteiger partial charge is 0.254 e. The maximum Gasteiger partial charge on any atom is 0.254 e. The Labute approximate surface area is 218 Å². The number of rotatable bonds is 4. The van der Waals surface area contributed by atoms with E-state index in [1.165, 1.54) is 5.56 Å². The van der Waals surface area contributed by atoms with E-state index in [4.69, 9.17) is 0 Å². The SMILES string of the molecule is CC(C)=C(C(=O)N1CCC(O)(c2ccc(Br)cc2)CC1)c1ccccc1C.CCc1ccccc1. The third-order valence-electron chi connectivity index (χ3n) is 6.64. The Morgan fingerprint density at radius 3 is 2.00 bits per heavy atom. The summed E-state index contributed by atoms with van der Waals surface area (Å²) in [6, 6.07) is 26.3. The molecule has 35 heavy (non-hydrogen) atoms. The highest BCUT2D eigenvalue weighted by molar-refractivity contribution is 9.10. The Hall–Kier alpha value is -2.69. The van der Waals surface area contributed by atoms with Crippen LogP contribution in [0.3, 0.4) is 0 Å². The first-order valence-electron chi connectivity index (χ1n) is 12.3. The number of piperidine rings is 1. The van der Waals surface area contributed by atoms with Crippen molar-refractivity contribution in [2.45, 2.75) is 52.6 Å². The van der Waals surface area contributed by atoms with Crippen molar-refractivity contribution in [1.29, 1.82) is 0 Å². The standard InChI is InChI=1S/C23H26BrNO2.C8H10/c1-16(2)21(20-7-5-4-6-17(20)3)22(26)25-14-12-23(27,13-15-25)18-8-10-19(24)11-9-18;1-2-8-6-4-3-5-7-8/h4-11,27H,12-15H2,1-3H3;3-7H,2H2,1H3. The number of hydrogen-bond acceptors (Lipinski definition) is 2. The minimum atomic E-state index is -0.870. The van der Waals surface area contributed by atoms with Crippen LogP contribution in [0, 0.1) is 6.92 Å². The molecule has 1 fully saturated rings. The minimum Gasteiger partial charge on any atom is -0.385 e. The highest BCUT2D eigenvalue weighted by atomic mass is 79.9. The Morgan fingerprint density at radius 2 is 1.49 bits per heavy atom. The molecule has 184 valence electrons. The summed E-state index contributed by atoms with van der Waals surface area (Å²) in [5.41, 5.74) is 5.35. The fourth-order valence-corrected chi connectivity index (χ4v) is 4.72. The summed E-state index contributed by atoms with van der Waals surface area (Å²) in [4.78, 5) is 15.1. The molecule has 3 nitrogen and oxygen atoms in total. The molecule has 1 N–H and O–H groups in total. The maximum atomic E-state index is 13.3. The zero-order valence-electron chi connectivity index (χ0n) is 21.2. The molecular formula is C31H36BrNO2. The van der Waals surface area contributed by atoms with Gasteiger partial charge in [0.1, 0.15) is 0 Å². The van der Waals surface area contributed by atoms with E-state index in [9.17, 15) is 9.90 Å². The lowest BCUT2D eigenvalue weighted by Crippen LogP contribution is -2.45. The lowest BCUT2D eigenvalue weighted by molar-refractivity contribution is -0.129. The number of allylic oxidation sites excluding steroid dienone is 1. The van der Waals surface area contributed by atoms with Crippen LogP contribution in [0.1, 0.15) is 55.9 Å². The van der Waals surface area contributed by atoms with Crippen molar-refractivity contribution in [3.05, 3.63) is 111 Å². The molecule has 0 aliphatic carbocycles. The van der Waals surface area contributed by atoms with Crippen molar-refractivity contribution in [1.82, 2.24) is 4.90 Å². The number of nitrogens with zero attached hydrogens (tertiary/aromatic N) is 1. The van der Waals surface area contributed by atoms with E-state index in [2.05, 4.69) is 47.1 Å². The molecule has 0 aromatic heterocycles. The summed E-state index contributed by atoms with van der Waals surface area (Å²) in [6.07, 6.45) is 2.23. The van der Waals surface area contributed by atoms with Gasteiger partial charge in [0.05, 0.1) is 5.60 Å². The van der Waals surface area contributed by atoms with Crippen molar-refractivity contribution in [2.24, 2.45) is 0 Å². The van der Waals surface area contributed by atoms with Gasteiger partial charge in [0.2, 0.25) is 0 Å². The summed E-state index contributed by atoms with van der Waals surface area (Å²) >= 11 is 3.43. The van der Waals surface area contributed by atoms with E-state index < -0.39 is 5.60 Å². The fraction of sp³-hybridized carbons (Fsp3) is 0.323. The number of carbonyl (C=O) groups excluding carboxylic acids is 1. The molecule has 0 spiro atoms. The average Bonchev–Trinajstić information content (AvgIpc) is 2.87. The van der Waals surface area contributed by atoms with Crippen LogP contribution >= 0.6 is 15.9 Å². The molecule has 1 aliphatic rings. The fourth-order valence-electron chi connectivity index (χ4n) is 4.45. The third kappa shape index (κ3) is 6.93. The Morgan fingerprint density at radius 1 is 0.914 bits per heavy atom. The van der Waals surface area contributed by atoms with Gasteiger partial charge in [-0.25, -0.2) is 0 Å². The number of aliphatic hydroxyl groups is 1. The predicted octanol–water partition coefficient (Wildman–Crippen LogP) is 7.31. The van der Waals surface area contributed by atoms with Crippen LogP contribution in [0.5, 0.6) is 0 Å². The van der Waals surface area contributed by atoms with Crippen LogP contribution in [0.4, 0.5) is 0 Å². The Bertz CT molecular complexity index is 1140. The molecule has 1 amide bonds. The largest absolute Gasteiger partial charge is 0.385 e. The Kier molecular flexibility index (Phi) is 9.47. The second kappa shape index (κ2) is 12.3. The van der Waals surface area contributed by atoms with Crippen molar-refractivity contribution in [3.8, 4) is 0 Å². The zero-order chi connectivity index (χ0) is 25.4. The second-order valence-corrected chi connectivity index (χ2v) is 10.3. The van der Waals surface area contributed by atoms with Gasteiger partial charge in [-0.1, -0.05) is 95.2 Å². The summed E-state index contributed by atoms with van der Waals surface area (Å²) in [7, 11) is 0. The summed E-state index contributed by atoms with van der Waals surface area (Å²) < 4.78 is 0.994. The van der Waals surface area contributed by atoms with Crippen LogP contribution < -0.4 is 0 Å². The van der Waals surface area contributed by atoms with E-state index in [-0.39, 0.29) is 5.91 Å². The molecule has 0 radical (unpaired) electrons. The van der Waals surface area contributed by atoms with Gasteiger partial charge in [-0.05, 0) is 74.4 Å². The molecule has 0 bridgehead atoms. The molecule has 1 heterocycles. The molecule has 1 aliphatic heterocycles. The van der Waals surface area contributed by atoms with E-state index in [0.29, 0.717) is 25.9 Å². The van der Waals surface area contributed by atoms with Crippen molar-refractivity contribution in [3.63, 3.8) is 0 Å². The summed E-state index contributed by atoms with van der Waals surface area (Å²) in [5.74, 6) is 0.0576. The first kappa shape index (κ1) is 26.9. The van der Waals surface area contributed by atoms with Gasteiger partial charge in [-0.2, -0.15) is 0 Å². The van der Waals surface area contributed by atoms with Gasteiger partial charge < -0.3 is 10.0 Å². The van der Waals surface area contributed by atoms with Crippen LogP contribution in [0.25, 0.3) is 5.57 Å². The van der Waals surface area contributed by atoms with E-state index in [1.54, 1.807) is 0 Å². The molecule has 0 saturated carbocycles. The topological polar surface area (TPSA) is 40.5 Å². The monoisotopic (exact) mass is 533 g/mol. The molecule has 4 rings (SSSR count). The minimum absolute atomic E-state index is 0.0576. The number of benzene rings is 3. The number of aryl methyl sites for hydroxylation is 2. The van der Waals surface area contributed by atoms with Crippen LogP contribution in [0.2, 0.25) is 0 Å². The zero-order valence-corrected chi connectivity index (χ0v) is 22.8. The Balaban J connectivity index is 0.000000363. The first-order valence-corrected chi connectivity index (χ1v) is 13.1. The van der Waals surface area contributed by atoms with Crippen LogP contribution in [-0.4, -0.2) is 29.0 Å². The molecular weight excluding hydrogens is 498 g/mol. The van der Waals surface area contributed by atoms with Crippen LogP contribution in [0.15, 0.2) is 88.9 Å². The lowest BCUT2D eigenvalue weighted by Gasteiger charge is -2.39. The van der Waals surface area contributed by atoms with Gasteiger partial charge in [-0.15, -0.1) is 0 Å². The normalized spacial score (nSPS) is 14.5. The maximum absolute atomic E-state index is 13.3. The second-order valence-electron chi connectivity index (χ2n) is 9.36. The number of carbonyl (C=O) groups is 1. The van der Waals surface area contributed by atoms with Crippen molar-refractivity contribution < 1.29 is 9.90 Å². The van der Waals surface area contributed by atoms with Gasteiger partial charge in [-0.3, -0.25) is 4.79 Å². The number of halogens is 1. The lowest BCUT2D eigenvalue weighted by atomic mass is 9.84. The van der Waals surface area contributed by atoms with Gasteiger partial charge >= 0.3 is 0 Å². The molecule has 0 atom stereocenters. The van der Waals surface area contributed by atoms with E-state index >= 15 is 0 Å². The quantitative estimate of drug-likeness (QED) is 0.357. The molecule has 3 aromatic carbocycles. The van der Waals surface area contributed by atoms with Crippen molar-refractivity contribution >= 4 is 27.4 Å². The first-order chi connectivity index (χ1) is 16.7. The number of likely N-dealkylation sites (tertiary alicyclic amines) is 1. The van der Waals surface area contributed by atoms with Gasteiger partial charge in [0, 0.05) is 23.1 Å². The predicted molar refractivity (Wildman–Crippen MR) is 149 cm³/mol. The number of amides is 1. The third-order valence-corrected chi connectivity index (χ3v) is 7.17. The molecule has 4 heteroatoms. The van der Waals surface area contributed by atoms with E-state index in [0.717, 1.165) is 38.7 Å². The van der Waals surface area contributed by atoms with Gasteiger partial charge in [0.15, 0.2) is 0 Å².